The number of rotatable bonds is 6. The summed E-state index contributed by atoms with van der Waals surface area (Å²) in [5, 5.41) is 3.66. The second-order valence-corrected chi connectivity index (χ2v) is 6.01. The predicted octanol–water partition coefficient (Wildman–Crippen LogP) is 4.08. The van der Waals surface area contributed by atoms with Gasteiger partial charge in [0.25, 0.3) is 0 Å². The summed E-state index contributed by atoms with van der Waals surface area (Å²) >= 11 is 0. The molecule has 0 heterocycles. The van der Waals surface area contributed by atoms with Crippen LogP contribution < -0.4 is 14.8 Å². The Balaban J connectivity index is 2.10. The highest BCUT2D eigenvalue weighted by Gasteiger charge is 2.25. The summed E-state index contributed by atoms with van der Waals surface area (Å²) in [5.74, 6) is 1.71. The summed E-state index contributed by atoms with van der Waals surface area (Å²) in [6.07, 6.45) is 7.61. The summed E-state index contributed by atoms with van der Waals surface area (Å²) in [4.78, 5) is 0. The third-order valence-electron chi connectivity index (χ3n) is 4.21. The van der Waals surface area contributed by atoms with Gasteiger partial charge in [-0.2, -0.15) is 0 Å². The van der Waals surface area contributed by atoms with E-state index in [1.54, 1.807) is 7.11 Å². The van der Waals surface area contributed by atoms with Crippen molar-refractivity contribution in [2.45, 2.75) is 64.5 Å². The van der Waals surface area contributed by atoms with E-state index < -0.39 is 0 Å². The fourth-order valence-electron chi connectivity index (χ4n) is 3.01. The van der Waals surface area contributed by atoms with Gasteiger partial charge in [0.2, 0.25) is 0 Å². The van der Waals surface area contributed by atoms with Crippen molar-refractivity contribution in [1.29, 1.82) is 0 Å². The predicted molar refractivity (Wildman–Crippen MR) is 87.3 cm³/mol. The third kappa shape index (κ3) is 4.63. The van der Waals surface area contributed by atoms with Crippen molar-refractivity contribution < 1.29 is 9.47 Å². The number of hydrogen-bond donors (Lipinski definition) is 1. The maximum Gasteiger partial charge on any atom is 0.161 e. The van der Waals surface area contributed by atoms with Crippen molar-refractivity contribution in [3.8, 4) is 11.5 Å². The summed E-state index contributed by atoms with van der Waals surface area (Å²) in [7, 11) is 1.71. The zero-order valence-electron chi connectivity index (χ0n) is 13.7. The minimum absolute atomic E-state index is 0.246. The van der Waals surface area contributed by atoms with Crippen molar-refractivity contribution in [3.63, 3.8) is 0 Å². The Morgan fingerprint density at radius 3 is 2.71 bits per heavy atom. The van der Waals surface area contributed by atoms with Gasteiger partial charge >= 0.3 is 0 Å². The molecule has 0 aromatic heterocycles. The number of hydrogen-bond acceptors (Lipinski definition) is 3. The number of nitrogens with one attached hydrogen (secondary N) is 1. The molecule has 3 nitrogen and oxygen atoms in total. The van der Waals surface area contributed by atoms with E-state index in [-0.39, 0.29) is 6.10 Å². The largest absolute Gasteiger partial charge is 0.493 e. The fraction of sp³-hybridized carbons (Fsp3) is 0.667. The molecule has 0 bridgehead atoms. The molecule has 1 aromatic carbocycles. The Bertz CT molecular complexity index is 433. The fourth-order valence-corrected chi connectivity index (χ4v) is 3.01. The number of benzene rings is 1. The molecule has 0 saturated heterocycles. The van der Waals surface area contributed by atoms with Crippen molar-refractivity contribution in [2.75, 3.05) is 13.7 Å². The number of aryl methyl sites for hydroxylation is 1. The van der Waals surface area contributed by atoms with E-state index in [1.165, 1.54) is 31.2 Å². The average molecular weight is 291 g/mol. The maximum atomic E-state index is 6.33. The van der Waals surface area contributed by atoms with Gasteiger partial charge < -0.3 is 14.8 Å². The molecular weight excluding hydrogens is 262 g/mol. The second kappa shape index (κ2) is 8.28. The molecule has 3 heteroatoms. The summed E-state index contributed by atoms with van der Waals surface area (Å²) < 4.78 is 11.8. The van der Waals surface area contributed by atoms with Crippen LogP contribution in [0, 0.1) is 6.92 Å². The van der Waals surface area contributed by atoms with Crippen molar-refractivity contribution >= 4 is 0 Å². The van der Waals surface area contributed by atoms with Crippen LogP contribution >= 0.6 is 0 Å². The zero-order valence-corrected chi connectivity index (χ0v) is 13.7. The molecule has 0 spiro atoms. The molecule has 1 aromatic rings. The smallest absolute Gasteiger partial charge is 0.161 e. The van der Waals surface area contributed by atoms with Crippen LogP contribution in [0.4, 0.5) is 0 Å². The molecule has 1 aliphatic carbocycles. The van der Waals surface area contributed by atoms with Crippen LogP contribution in [0.2, 0.25) is 0 Å². The lowest BCUT2D eigenvalue weighted by Gasteiger charge is -2.27. The lowest BCUT2D eigenvalue weighted by molar-refractivity contribution is 0.140. The van der Waals surface area contributed by atoms with E-state index >= 15 is 0 Å². The standard InChI is InChI=1S/C18H29NO2/c1-4-12-19-15-8-6-5-7-9-16(15)21-17-11-10-14(2)13-18(17)20-3/h10-11,13,15-16,19H,4-9,12H2,1-3H3. The molecule has 1 N–H and O–H groups in total. The van der Waals surface area contributed by atoms with Crippen LogP contribution in [0.1, 0.15) is 51.0 Å². The quantitative estimate of drug-likeness (QED) is 0.801. The van der Waals surface area contributed by atoms with Gasteiger partial charge in [-0.1, -0.05) is 25.8 Å². The Kier molecular flexibility index (Phi) is 6.37. The van der Waals surface area contributed by atoms with Gasteiger partial charge in [-0.25, -0.2) is 0 Å². The normalized spacial score (nSPS) is 22.6. The molecule has 2 rings (SSSR count). The topological polar surface area (TPSA) is 30.5 Å². The second-order valence-electron chi connectivity index (χ2n) is 6.01. The van der Waals surface area contributed by atoms with E-state index in [0.717, 1.165) is 30.9 Å². The molecule has 21 heavy (non-hydrogen) atoms. The molecule has 2 unspecified atom stereocenters. The summed E-state index contributed by atoms with van der Waals surface area (Å²) in [6.45, 7) is 5.35. The van der Waals surface area contributed by atoms with E-state index in [1.807, 2.05) is 12.1 Å². The minimum atomic E-state index is 0.246. The first-order valence-electron chi connectivity index (χ1n) is 8.29. The van der Waals surface area contributed by atoms with Gasteiger partial charge in [0.15, 0.2) is 11.5 Å². The lowest BCUT2D eigenvalue weighted by Crippen LogP contribution is -2.42. The van der Waals surface area contributed by atoms with E-state index in [9.17, 15) is 0 Å². The van der Waals surface area contributed by atoms with Crippen molar-refractivity contribution in [3.05, 3.63) is 23.8 Å². The highest BCUT2D eigenvalue weighted by Crippen LogP contribution is 2.31. The molecule has 0 amide bonds. The van der Waals surface area contributed by atoms with Crippen LogP contribution in [0.15, 0.2) is 18.2 Å². The van der Waals surface area contributed by atoms with Crippen molar-refractivity contribution in [2.24, 2.45) is 0 Å². The van der Waals surface area contributed by atoms with E-state index in [0.29, 0.717) is 6.04 Å². The Morgan fingerprint density at radius 1 is 1.14 bits per heavy atom. The Hall–Kier alpha value is -1.22. The molecule has 0 radical (unpaired) electrons. The highest BCUT2D eigenvalue weighted by atomic mass is 16.5. The first-order valence-corrected chi connectivity index (χ1v) is 8.29. The van der Waals surface area contributed by atoms with E-state index in [2.05, 4.69) is 25.2 Å². The molecule has 1 saturated carbocycles. The SMILES string of the molecule is CCCNC1CCCCCC1Oc1ccc(C)cc1OC. The molecule has 0 aliphatic heterocycles. The van der Waals surface area contributed by atoms with Gasteiger partial charge in [-0.3, -0.25) is 0 Å². The lowest BCUT2D eigenvalue weighted by atomic mass is 10.1. The molecule has 2 atom stereocenters. The molecular formula is C18H29NO2. The summed E-state index contributed by atoms with van der Waals surface area (Å²) in [5.41, 5.74) is 1.20. The maximum absolute atomic E-state index is 6.33. The van der Waals surface area contributed by atoms with Gasteiger partial charge in [-0.15, -0.1) is 0 Å². The zero-order chi connectivity index (χ0) is 15.1. The summed E-state index contributed by atoms with van der Waals surface area (Å²) in [6, 6.07) is 6.62. The average Bonchev–Trinajstić information content (AvgIpc) is 2.72. The van der Waals surface area contributed by atoms with Gasteiger partial charge in [-0.05, 0) is 56.8 Å². The Morgan fingerprint density at radius 2 is 1.95 bits per heavy atom. The molecule has 118 valence electrons. The monoisotopic (exact) mass is 291 g/mol. The molecule has 1 aliphatic rings. The Labute approximate surface area is 129 Å². The van der Waals surface area contributed by atoms with Crippen LogP contribution in [0.3, 0.4) is 0 Å². The third-order valence-corrected chi connectivity index (χ3v) is 4.21. The van der Waals surface area contributed by atoms with Crippen LogP contribution in [0.25, 0.3) is 0 Å². The van der Waals surface area contributed by atoms with Gasteiger partial charge in [0.1, 0.15) is 6.10 Å². The van der Waals surface area contributed by atoms with Crippen LogP contribution in [-0.2, 0) is 0 Å². The van der Waals surface area contributed by atoms with Gasteiger partial charge in [0.05, 0.1) is 7.11 Å². The van der Waals surface area contributed by atoms with E-state index in [4.69, 9.17) is 9.47 Å². The molecule has 1 fully saturated rings. The minimum Gasteiger partial charge on any atom is -0.493 e. The number of ether oxygens (including phenoxy) is 2. The van der Waals surface area contributed by atoms with Crippen molar-refractivity contribution in [1.82, 2.24) is 5.32 Å². The van der Waals surface area contributed by atoms with Crippen LogP contribution in [-0.4, -0.2) is 25.8 Å². The van der Waals surface area contributed by atoms with Crippen LogP contribution in [0.5, 0.6) is 11.5 Å². The highest BCUT2D eigenvalue weighted by molar-refractivity contribution is 5.42. The van der Waals surface area contributed by atoms with Gasteiger partial charge in [0, 0.05) is 6.04 Å². The first-order chi connectivity index (χ1) is 10.2. The first kappa shape index (κ1) is 16.2. The number of methoxy groups -OCH3 is 1.